The standard InChI is InChI=1S/C17H15FO3/c1-12-3-2-4-16(7-12)21-11-14-8-13(5-6-17(19)20)9-15(18)10-14/h2-10H,11H2,1H3,(H,19,20). The van der Waals surface area contributed by atoms with Crippen LogP contribution in [-0.2, 0) is 11.4 Å². The molecule has 0 aliphatic rings. The number of ether oxygens (including phenoxy) is 1. The molecule has 0 saturated carbocycles. The molecular formula is C17H15FO3. The number of carbonyl (C=O) groups is 1. The van der Waals surface area contributed by atoms with Crippen LogP contribution in [0.1, 0.15) is 16.7 Å². The number of aliphatic carboxylic acids is 1. The van der Waals surface area contributed by atoms with E-state index in [9.17, 15) is 9.18 Å². The van der Waals surface area contributed by atoms with Gasteiger partial charge in [0.15, 0.2) is 0 Å². The summed E-state index contributed by atoms with van der Waals surface area (Å²) in [4.78, 5) is 10.5. The van der Waals surface area contributed by atoms with Crippen LogP contribution >= 0.6 is 0 Å². The molecule has 0 aliphatic heterocycles. The van der Waals surface area contributed by atoms with E-state index in [0.29, 0.717) is 16.9 Å². The fraction of sp³-hybridized carbons (Fsp3) is 0.118. The number of rotatable bonds is 5. The predicted octanol–water partition coefficient (Wildman–Crippen LogP) is 3.81. The van der Waals surface area contributed by atoms with Crippen molar-refractivity contribution in [2.24, 2.45) is 0 Å². The van der Waals surface area contributed by atoms with Gasteiger partial charge in [-0.25, -0.2) is 9.18 Å². The van der Waals surface area contributed by atoms with Crippen molar-refractivity contribution in [1.29, 1.82) is 0 Å². The Morgan fingerprint density at radius 2 is 2.10 bits per heavy atom. The lowest BCUT2D eigenvalue weighted by Crippen LogP contribution is -1.97. The molecular weight excluding hydrogens is 271 g/mol. The molecule has 108 valence electrons. The first-order valence-corrected chi connectivity index (χ1v) is 6.43. The predicted molar refractivity (Wildman–Crippen MR) is 78.6 cm³/mol. The van der Waals surface area contributed by atoms with Gasteiger partial charge in [-0.3, -0.25) is 0 Å². The van der Waals surface area contributed by atoms with E-state index in [2.05, 4.69) is 0 Å². The van der Waals surface area contributed by atoms with E-state index in [1.807, 2.05) is 31.2 Å². The van der Waals surface area contributed by atoms with E-state index < -0.39 is 11.8 Å². The lowest BCUT2D eigenvalue weighted by atomic mass is 10.1. The maximum atomic E-state index is 13.5. The molecule has 0 aliphatic carbocycles. The minimum Gasteiger partial charge on any atom is -0.489 e. The van der Waals surface area contributed by atoms with Gasteiger partial charge in [0, 0.05) is 6.08 Å². The number of carboxylic acid groups (broad SMARTS) is 1. The van der Waals surface area contributed by atoms with Crippen LogP contribution in [0.4, 0.5) is 4.39 Å². The molecule has 3 nitrogen and oxygen atoms in total. The topological polar surface area (TPSA) is 46.5 Å². The first-order chi connectivity index (χ1) is 10.0. The van der Waals surface area contributed by atoms with Crippen molar-refractivity contribution >= 4 is 12.0 Å². The van der Waals surface area contributed by atoms with Gasteiger partial charge in [0.1, 0.15) is 18.2 Å². The fourth-order valence-electron chi connectivity index (χ4n) is 1.89. The molecule has 0 saturated heterocycles. The Morgan fingerprint density at radius 3 is 2.81 bits per heavy atom. The van der Waals surface area contributed by atoms with Crippen LogP contribution in [0.2, 0.25) is 0 Å². The molecule has 2 aromatic rings. The molecule has 21 heavy (non-hydrogen) atoms. The maximum Gasteiger partial charge on any atom is 0.328 e. The molecule has 2 aromatic carbocycles. The summed E-state index contributed by atoms with van der Waals surface area (Å²) < 4.78 is 19.1. The summed E-state index contributed by atoms with van der Waals surface area (Å²) in [5.41, 5.74) is 2.21. The average molecular weight is 286 g/mol. The summed E-state index contributed by atoms with van der Waals surface area (Å²) in [5, 5.41) is 8.59. The van der Waals surface area contributed by atoms with Gasteiger partial charge in [-0.05, 0) is 60.0 Å². The molecule has 0 bridgehead atoms. The Labute approximate surface area is 122 Å². The summed E-state index contributed by atoms with van der Waals surface area (Å²) in [6.07, 6.45) is 2.32. The SMILES string of the molecule is Cc1cccc(OCc2cc(F)cc(C=CC(=O)O)c2)c1. The highest BCUT2D eigenvalue weighted by Gasteiger charge is 2.02. The number of hydrogen-bond acceptors (Lipinski definition) is 2. The Bertz CT molecular complexity index is 677. The Balaban J connectivity index is 2.11. The normalized spacial score (nSPS) is 10.8. The minimum atomic E-state index is -1.07. The van der Waals surface area contributed by atoms with Gasteiger partial charge >= 0.3 is 5.97 Å². The molecule has 0 spiro atoms. The van der Waals surface area contributed by atoms with Gasteiger partial charge < -0.3 is 9.84 Å². The van der Waals surface area contributed by atoms with Crippen molar-refractivity contribution in [3.8, 4) is 5.75 Å². The number of benzene rings is 2. The van der Waals surface area contributed by atoms with Crippen molar-refractivity contribution in [1.82, 2.24) is 0 Å². The summed E-state index contributed by atoms with van der Waals surface area (Å²) in [6.45, 7) is 2.18. The summed E-state index contributed by atoms with van der Waals surface area (Å²) >= 11 is 0. The average Bonchev–Trinajstić information content (AvgIpc) is 2.43. The van der Waals surface area contributed by atoms with Crippen molar-refractivity contribution in [2.75, 3.05) is 0 Å². The van der Waals surface area contributed by atoms with Crippen molar-refractivity contribution in [2.45, 2.75) is 13.5 Å². The van der Waals surface area contributed by atoms with Crippen LogP contribution in [0.3, 0.4) is 0 Å². The first-order valence-electron chi connectivity index (χ1n) is 6.43. The molecule has 0 aromatic heterocycles. The highest BCUT2D eigenvalue weighted by Crippen LogP contribution is 2.16. The summed E-state index contributed by atoms with van der Waals surface area (Å²) in [6, 6.07) is 11.9. The monoisotopic (exact) mass is 286 g/mol. The molecule has 0 amide bonds. The van der Waals surface area contributed by atoms with Gasteiger partial charge in [0.2, 0.25) is 0 Å². The van der Waals surface area contributed by atoms with Gasteiger partial charge in [-0.15, -0.1) is 0 Å². The van der Waals surface area contributed by atoms with Crippen LogP contribution in [0, 0.1) is 12.7 Å². The Morgan fingerprint density at radius 1 is 1.29 bits per heavy atom. The molecule has 1 N–H and O–H groups in total. The highest BCUT2D eigenvalue weighted by atomic mass is 19.1. The molecule has 0 heterocycles. The third kappa shape index (κ3) is 4.76. The zero-order chi connectivity index (χ0) is 15.2. The largest absolute Gasteiger partial charge is 0.489 e. The van der Waals surface area contributed by atoms with E-state index in [4.69, 9.17) is 9.84 Å². The zero-order valence-electron chi connectivity index (χ0n) is 11.5. The maximum absolute atomic E-state index is 13.5. The number of halogens is 1. The lowest BCUT2D eigenvalue weighted by Gasteiger charge is -2.08. The third-order valence-electron chi connectivity index (χ3n) is 2.79. The number of hydrogen-bond donors (Lipinski definition) is 1. The molecule has 0 fully saturated rings. The van der Waals surface area contributed by atoms with Crippen LogP contribution in [-0.4, -0.2) is 11.1 Å². The Kier molecular flexibility index (Phi) is 4.72. The molecule has 0 radical (unpaired) electrons. The number of aryl methyl sites for hydroxylation is 1. The quantitative estimate of drug-likeness (QED) is 0.850. The van der Waals surface area contributed by atoms with Gasteiger partial charge in [-0.1, -0.05) is 12.1 Å². The third-order valence-corrected chi connectivity index (χ3v) is 2.79. The first kappa shape index (κ1) is 14.8. The highest BCUT2D eigenvalue weighted by molar-refractivity contribution is 5.85. The molecule has 2 rings (SSSR count). The van der Waals surface area contributed by atoms with Gasteiger partial charge in [-0.2, -0.15) is 0 Å². The van der Waals surface area contributed by atoms with E-state index in [-0.39, 0.29) is 6.61 Å². The zero-order valence-corrected chi connectivity index (χ0v) is 11.5. The van der Waals surface area contributed by atoms with Gasteiger partial charge in [0.25, 0.3) is 0 Å². The van der Waals surface area contributed by atoms with E-state index in [0.717, 1.165) is 11.6 Å². The number of carboxylic acids is 1. The van der Waals surface area contributed by atoms with Crippen molar-refractivity contribution in [3.05, 3.63) is 71.0 Å². The lowest BCUT2D eigenvalue weighted by molar-refractivity contribution is -0.131. The van der Waals surface area contributed by atoms with Crippen molar-refractivity contribution in [3.63, 3.8) is 0 Å². The van der Waals surface area contributed by atoms with E-state index >= 15 is 0 Å². The second-order valence-corrected chi connectivity index (χ2v) is 4.67. The van der Waals surface area contributed by atoms with Gasteiger partial charge in [0.05, 0.1) is 0 Å². The van der Waals surface area contributed by atoms with Crippen LogP contribution < -0.4 is 4.74 Å². The van der Waals surface area contributed by atoms with Crippen molar-refractivity contribution < 1.29 is 19.0 Å². The summed E-state index contributed by atoms with van der Waals surface area (Å²) in [7, 11) is 0. The smallest absolute Gasteiger partial charge is 0.328 e. The molecule has 0 atom stereocenters. The molecule has 0 unspecified atom stereocenters. The van der Waals surface area contributed by atoms with E-state index in [1.165, 1.54) is 18.2 Å². The van der Waals surface area contributed by atoms with Crippen LogP contribution in [0.25, 0.3) is 6.08 Å². The van der Waals surface area contributed by atoms with Crippen LogP contribution in [0.15, 0.2) is 48.5 Å². The minimum absolute atomic E-state index is 0.217. The fourth-order valence-corrected chi connectivity index (χ4v) is 1.89. The Hall–Kier alpha value is -2.62. The van der Waals surface area contributed by atoms with Crippen LogP contribution in [0.5, 0.6) is 5.75 Å². The molecule has 4 heteroatoms. The summed E-state index contributed by atoms with van der Waals surface area (Å²) in [5.74, 6) is -0.788. The second-order valence-electron chi connectivity index (χ2n) is 4.67. The second kappa shape index (κ2) is 6.70. The van der Waals surface area contributed by atoms with E-state index in [1.54, 1.807) is 6.07 Å².